The van der Waals surface area contributed by atoms with Gasteiger partial charge in [0.2, 0.25) is 0 Å². The highest BCUT2D eigenvalue weighted by Crippen LogP contribution is 2.47. The van der Waals surface area contributed by atoms with Crippen LogP contribution in [0.25, 0.3) is 21.5 Å². The zero-order chi connectivity index (χ0) is 20.3. The van der Waals surface area contributed by atoms with E-state index in [0.717, 1.165) is 58.6 Å². The monoisotopic (exact) mass is 395 g/mol. The molecule has 2 heterocycles. The Labute approximate surface area is 168 Å². The molecule has 3 aromatic carbocycles. The molecule has 1 saturated heterocycles. The fourth-order valence-electron chi connectivity index (χ4n) is 5.23. The molecule has 2 aliphatic heterocycles. The molecule has 0 radical (unpaired) electrons. The summed E-state index contributed by atoms with van der Waals surface area (Å²) >= 11 is 0. The lowest BCUT2D eigenvalue weighted by Crippen LogP contribution is -2.39. The molecule has 0 unspecified atom stereocenters. The molecule has 0 spiro atoms. The highest BCUT2D eigenvalue weighted by molar-refractivity contribution is 6.12. The van der Waals surface area contributed by atoms with E-state index in [0.29, 0.717) is 16.9 Å². The molecule has 0 aromatic heterocycles. The van der Waals surface area contributed by atoms with Crippen LogP contribution in [0.2, 0.25) is 0 Å². The van der Waals surface area contributed by atoms with Crippen LogP contribution >= 0.6 is 0 Å². The van der Waals surface area contributed by atoms with Crippen LogP contribution < -0.4 is 4.74 Å². The van der Waals surface area contributed by atoms with Crippen LogP contribution in [0, 0.1) is 0 Å². The molecular formula is C23H25NO5. The van der Waals surface area contributed by atoms with Crippen molar-refractivity contribution in [2.45, 2.75) is 44.7 Å². The van der Waals surface area contributed by atoms with Gasteiger partial charge in [-0.25, -0.2) is 0 Å². The molecular weight excluding hydrogens is 370 g/mol. The van der Waals surface area contributed by atoms with Crippen molar-refractivity contribution in [1.29, 1.82) is 0 Å². The molecule has 2 atom stereocenters. The zero-order valence-electron chi connectivity index (χ0n) is 16.4. The van der Waals surface area contributed by atoms with E-state index in [2.05, 4.69) is 4.90 Å². The third-order valence-electron chi connectivity index (χ3n) is 6.65. The predicted octanol–water partition coefficient (Wildman–Crippen LogP) is 2.70. The van der Waals surface area contributed by atoms with E-state index in [1.165, 1.54) is 0 Å². The molecule has 2 aliphatic rings. The highest BCUT2D eigenvalue weighted by atomic mass is 16.5. The number of nitrogens with zero attached hydrogens (tertiary/aromatic N) is 1. The van der Waals surface area contributed by atoms with Crippen molar-refractivity contribution in [3.8, 4) is 11.5 Å². The summed E-state index contributed by atoms with van der Waals surface area (Å²) in [6.07, 6.45) is 1.37. The van der Waals surface area contributed by atoms with Crippen LogP contribution in [0.15, 0.2) is 24.3 Å². The number of ether oxygens (including phenoxy) is 1. The Bertz CT molecular complexity index is 1130. The molecule has 152 valence electrons. The van der Waals surface area contributed by atoms with E-state index in [-0.39, 0.29) is 25.0 Å². The SMILES string of the molecule is COc1cc2c3c(c4cc(O)c(CO)cc4c2cc1CO)[C@@H](O)[C@H]1CCCN1C3. The van der Waals surface area contributed by atoms with E-state index in [4.69, 9.17) is 4.74 Å². The quantitative estimate of drug-likeness (QED) is 0.510. The first-order chi connectivity index (χ1) is 14.1. The maximum Gasteiger partial charge on any atom is 0.125 e. The Kier molecular flexibility index (Phi) is 4.40. The van der Waals surface area contributed by atoms with Gasteiger partial charge in [-0.3, -0.25) is 4.90 Å². The van der Waals surface area contributed by atoms with Crippen LogP contribution in [0.3, 0.4) is 0 Å². The van der Waals surface area contributed by atoms with Crippen molar-refractivity contribution in [3.63, 3.8) is 0 Å². The van der Waals surface area contributed by atoms with Gasteiger partial charge in [0, 0.05) is 23.7 Å². The van der Waals surface area contributed by atoms with Crippen LogP contribution in [-0.4, -0.2) is 45.0 Å². The van der Waals surface area contributed by atoms with Gasteiger partial charge in [-0.1, -0.05) is 0 Å². The minimum atomic E-state index is -0.643. The van der Waals surface area contributed by atoms with E-state index >= 15 is 0 Å². The number of aromatic hydroxyl groups is 1. The summed E-state index contributed by atoms with van der Waals surface area (Å²) in [6, 6.07) is 7.39. The first-order valence-electron chi connectivity index (χ1n) is 10.0. The largest absolute Gasteiger partial charge is 0.508 e. The number of methoxy groups -OCH3 is 1. The van der Waals surface area contributed by atoms with Crippen molar-refractivity contribution < 1.29 is 25.2 Å². The Balaban J connectivity index is 1.94. The number of aliphatic hydroxyl groups is 3. The number of hydrogen-bond acceptors (Lipinski definition) is 6. The van der Waals surface area contributed by atoms with Gasteiger partial charge in [-0.2, -0.15) is 0 Å². The van der Waals surface area contributed by atoms with Crippen LogP contribution in [-0.2, 0) is 19.8 Å². The molecule has 5 rings (SSSR count). The average Bonchev–Trinajstić information content (AvgIpc) is 3.21. The molecule has 0 saturated carbocycles. The van der Waals surface area contributed by atoms with Gasteiger partial charge in [0.15, 0.2) is 0 Å². The molecule has 4 N–H and O–H groups in total. The molecule has 6 heteroatoms. The fourth-order valence-corrected chi connectivity index (χ4v) is 5.23. The maximum atomic E-state index is 11.3. The van der Waals surface area contributed by atoms with Crippen LogP contribution in [0.1, 0.15) is 41.2 Å². The second-order valence-corrected chi connectivity index (χ2v) is 8.07. The van der Waals surface area contributed by atoms with Crippen molar-refractivity contribution in [1.82, 2.24) is 4.90 Å². The number of benzene rings is 3. The first kappa shape index (κ1) is 18.6. The highest BCUT2D eigenvalue weighted by Gasteiger charge is 2.39. The summed E-state index contributed by atoms with van der Waals surface area (Å²) < 4.78 is 5.51. The van der Waals surface area contributed by atoms with Crippen molar-refractivity contribution in [2.24, 2.45) is 0 Å². The number of hydrogen-bond donors (Lipinski definition) is 4. The summed E-state index contributed by atoms with van der Waals surface area (Å²) in [5.74, 6) is 0.638. The minimum Gasteiger partial charge on any atom is -0.508 e. The number of rotatable bonds is 3. The van der Waals surface area contributed by atoms with Gasteiger partial charge in [0.1, 0.15) is 11.5 Å². The molecule has 0 aliphatic carbocycles. The summed E-state index contributed by atoms with van der Waals surface area (Å²) in [5.41, 5.74) is 3.01. The molecule has 3 aromatic rings. The van der Waals surface area contributed by atoms with Gasteiger partial charge >= 0.3 is 0 Å². The lowest BCUT2D eigenvalue weighted by molar-refractivity contribution is 0.0552. The van der Waals surface area contributed by atoms with E-state index in [1.807, 2.05) is 12.1 Å². The Morgan fingerprint density at radius 1 is 1.00 bits per heavy atom. The van der Waals surface area contributed by atoms with Crippen LogP contribution in [0.4, 0.5) is 0 Å². The molecule has 0 amide bonds. The van der Waals surface area contributed by atoms with E-state index in [9.17, 15) is 20.4 Å². The Morgan fingerprint density at radius 3 is 2.45 bits per heavy atom. The van der Waals surface area contributed by atoms with Gasteiger partial charge in [0.05, 0.1) is 26.4 Å². The van der Waals surface area contributed by atoms with Gasteiger partial charge < -0.3 is 25.2 Å². The zero-order valence-corrected chi connectivity index (χ0v) is 16.4. The lowest BCUT2D eigenvalue weighted by Gasteiger charge is -2.37. The Hall–Kier alpha value is -2.38. The molecule has 6 nitrogen and oxygen atoms in total. The van der Waals surface area contributed by atoms with Crippen molar-refractivity contribution >= 4 is 21.5 Å². The number of phenols is 1. The van der Waals surface area contributed by atoms with Crippen LogP contribution in [0.5, 0.6) is 11.5 Å². The molecule has 29 heavy (non-hydrogen) atoms. The van der Waals surface area contributed by atoms with E-state index in [1.54, 1.807) is 19.2 Å². The Morgan fingerprint density at radius 2 is 1.72 bits per heavy atom. The minimum absolute atomic E-state index is 0.0264. The standard InChI is InChI=1S/C23H25NO5/c1-29-21-8-16-14(6-13(21)11-26)15-5-12(10-25)20(27)7-17(15)22-18(16)9-24-4-2-3-19(24)23(22)28/h5-8,19,23,25-28H,2-4,9-11H2,1H3/t19-,23+/m1/s1. The van der Waals surface area contributed by atoms with E-state index < -0.39 is 6.10 Å². The van der Waals surface area contributed by atoms with Crippen molar-refractivity contribution in [3.05, 3.63) is 46.5 Å². The fraction of sp³-hybridized carbons (Fsp3) is 0.391. The molecule has 1 fully saturated rings. The number of aliphatic hydroxyl groups excluding tert-OH is 3. The summed E-state index contributed by atoms with van der Waals surface area (Å²) in [7, 11) is 1.58. The number of fused-ring (bicyclic) bond motifs is 7. The second-order valence-electron chi connectivity index (χ2n) is 8.07. The predicted molar refractivity (Wildman–Crippen MR) is 110 cm³/mol. The summed E-state index contributed by atoms with van der Waals surface area (Å²) in [6.45, 7) is 1.26. The maximum absolute atomic E-state index is 11.3. The topological polar surface area (TPSA) is 93.4 Å². The third-order valence-corrected chi connectivity index (χ3v) is 6.65. The first-order valence-corrected chi connectivity index (χ1v) is 10.0. The van der Waals surface area contributed by atoms with Gasteiger partial charge in [0.25, 0.3) is 0 Å². The van der Waals surface area contributed by atoms with Crippen molar-refractivity contribution in [2.75, 3.05) is 13.7 Å². The lowest BCUT2D eigenvalue weighted by atomic mass is 9.82. The third kappa shape index (κ3) is 2.64. The second kappa shape index (κ2) is 6.85. The average molecular weight is 395 g/mol. The normalized spacial score (nSPS) is 21.5. The summed E-state index contributed by atoms with van der Waals surface area (Å²) in [5, 5.41) is 44.8. The van der Waals surface area contributed by atoms with Gasteiger partial charge in [-0.15, -0.1) is 0 Å². The van der Waals surface area contributed by atoms with Gasteiger partial charge in [-0.05, 0) is 76.3 Å². The summed E-state index contributed by atoms with van der Waals surface area (Å²) in [4.78, 5) is 2.33. The molecule has 0 bridgehead atoms. The smallest absolute Gasteiger partial charge is 0.125 e.